The molecule has 32 heavy (non-hydrogen) atoms. The first-order valence-corrected chi connectivity index (χ1v) is 10.8. The van der Waals surface area contributed by atoms with E-state index in [9.17, 15) is 4.79 Å². The van der Waals surface area contributed by atoms with Crippen molar-refractivity contribution in [3.8, 4) is 28.6 Å². The Morgan fingerprint density at radius 2 is 1.78 bits per heavy atom. The fourth-order valence-corrected chi connectivity index (χ4v) is 3.71. The van der Waals surface area contributed by atoms with Gasteiger partial charge in [0.2, 0.25) is 0 Å². The molecule has 0 aliphatic heterocycles. The second-order valence-corrected chi connectivity index (χ2v) is 7.41. The third kappa shape index (κ3) is 5.58. The van der Waals surface area contributed by atoms with Gasteiger partial charge < -0.3 is 18.8 Å². The van der Waals surface area contributed by atoms with E-state index in [1.54, 1.807) is 39.5 Å². The van der Waals surface area contributed by atoms with E-state index >= 15 is 0 Å². The zero-order valence-electron chi connectivity index (χ0n) is 18.4. The van der Waals surface area contributed by atoms with E-state index in [-0.39, 0.29) is 11.7 Å². The monoisotopic (exact) mass is 455 g/mol. The Morgan fingerprint density at radius 1 is 1.06 bits per heavy atom. The van der Waals surface area contributed by atoms with E-state index in [0.717, 1.165) is 17.1 Å². The molecule has 0 bridgehead atoms. The number of methoxy groups -OCH3 is 3. The molecule has 0 spiro atoms. The molecule has 0 atom stereocenters. The lowest BCUT2D eigenvalue weighted by molar-refractivity contribution is -0.118. The maximum atomic E-state index is 12.3. The van der Waals surface area contributed by atoms with Crippen molar-refractivity contribution in [3.63, 3.8) is 0 Å². The summed E-state index contributed by atoms with van der Waals surface area (Å²) in [5.74, 6) is 2.69. The van der Waals surface area contributed by atoms with E-state index in [1.165, 1.54) is 18.0 Å². The number of amides is 1. The van der Waals surface area contributed by atoms with Crippen LogP contribution in [0.4, 0.5) is 0 Å². The Kier molecular flexibility index (Phi) is 8.09. The van der Waals surface area contributed by atoms with Crippen molar-refractivity contribution in [2.45, 2.75) is 18.6 Å². The average Bonchev–Trinajstić information content (AvgIpc) is 3.25. The minimum Gasteiger partial charge on any atom is -0.497 e. The highest BCUT2D eigenvalue weighted by atomic mass is 32.2. The molecule has 1 aromatic heterocycles. The number of benzene rings is 2. The maximum Gasteiger partial charge on any atom is 0.250 e. The largest absolute Gasteiger partial charge is 0.497 e. The molecule has 168 valence electrons. The molecule has 0 radical (unpaired) electrons. The number of hydrogen-bond acceptors (Lipinski definition) is 8. The molecule has 2 aromatic carbocycles. The van der Waals surface area contributed by atoms with Crippen molar-refractivity contribution >= 4 is 23.9 Å². The predicted octanol–water partition coefficient (Wildman–Crippen LogP) is 3.23. The summed E-state index contributed by atoms with van der Waals surface area (Å²) in [6.45, 7) is 2.68. The van der Waals surface area contributed by atoms with Gasteiger partial charge in [-0.05, 0) is 49.4 Å². The van der Waals surface area contributed by atoms with Crippen LogP contribution in [0.15, 0.2) is 52.7 Å². The number of ether oxygens (including phenoxy) is 3. The quantitative estimate of drug-likeness (QED) is 0.285. The Labute approximate surface area is 190 Å². The summed E-state index contributed by atoms with van der Waals surface area (Å²) in [4.78, 5) is 12.3. The molecule has 0 fully saturated rings. The lowest BCUT2D eigenvalue weighted by atomic mass is 10.2. The normalized spacial score (nSPS) is 10.9. The number of nitrogens with zero attached hydrogens (tertiary/aromatic N) is 4. The highest BCUT2D eigenvalue weighted by Crippen LogP contribution is 2.25. The van der Waals surface area contributed by atoms with Gasteiger partial charge in [-0.2, -0.15) is 5.10 Å². The Balaban J connectivity index is 1.61. The second-order valence-electron chi connectivity index (χ2n) is 6.47. The number of carbonyl (C=O) groups is 1. The standard InChI is InChI=1S/C22H25N5O4S/c1-5-27-21(15-6-8-17(29-2)9-7-15)25-26-22(27)32-14-20(28)24-23-13-16-12-18(30-3)10-11-19(16)31-4/h6-13H,5,14H2,1-4H3,(H,24,28)/b23-13-. The van der Waals surface area contributed by atoms with Crippen LogP contribution in [0.25, 0.3) is 11.4 Å². The topological polar surface area (TPSA) is 99.9 Å². The summed E-state index contributed by atoms with van der Waals surface area (Å²) in [5, 5.41) is 13.2. The summed E-state index contributed by atoms with van der Waals surface area (Å²) >= 11 is 1.30. The van der Waals surface area contributed by atoms with Gasteiger partial charge in [-0.25, -0.2) is 5.43 Å². The minimum absolute atomic E-state index is 0.146. The highest BCUT2D eigenvalue weighted by Gasteiger charge is 2.14. The third-order valence-corrected chi connectivity index (χ3v) is 5.51. The van der Waals surface area contributed by atoms with Gasteiger partial charge in [-0.1, -0.05) is 11.8 Å². The van der Waals surface area contributed by atoms with Gasteiger partial charge in [0.1, 0.15) is 17.2 Å². The van der Waals surface area contributed by atoms with Gasteiger partial charge in [-0.15, -0.1) is 10.2 Å². The molecule has 0 unspecified atom stereocenters. The van der Waals surface area contributed by atoms with Crippen LogP contribution in [-0.4, -0.2) is 54.0 Å². The van der Waals surface area contributed by atoms with Crippen LogP contribution in [-0.2, 0) is 11.3 Å². The zero-order chi connectivity index (χ0) is 22.9. The molecular weight excluding hydrogens is 430 g/mol. The number of hydrogen-bond donors (Lipinski definition) is 1. The summed E-state index contributed by atoms with van der Waals surface area (Å²) < 4.78 is 17.7. The first-order valence-electron chi connectivity index (χ1n) is 9.84. The molecule has 1 heterocycles. The fraction of sp³-hybridized carbons (Fsp3) is 0.273. The molecular formula is C22H25N5O4S. The van der Waals surface area contributed by atoms with E-state index in [4.69, 9.17) is 14.2 Å². The SMILES string of the molecule is CCn1c(SCC(=O)N/N=C\c2cc(OC)ccc2OC)nnc1-c1ccc(OC)cc1. The van der Waals surface area contributed by atoms with Gasteiger partial charge in [0, 0.05) is 17.7 Å². The molecule has 0 aliphatic carbocycles. The van der Waals surface area contributed by atoms with E-state index in [2.05, 4.69) is 20.7 Å². The molecule has 1 amide bonds. The Bertz CT molecular complexity index is 1080. The van der Waals surface area contributed by atoms with Crippen LogP contribution in [0.2, 0.25) is 0 Å². The van der Waals surface area contributed by atoms with E-state index in [0.29, 0.717) is 28.8 Å². The molecule has 0 saturated heterocycles. The molecule has 3 aromatic rings. The lowest BCUT2D eigenvalue weighted by Gasteiger charge is -2.08. The molecule has 1 N–H and O–H groups in total. The number of hydrazone groups is 1. The van der Waals surface area contributed by atoms with Crippen molar-refractivity contribution < 1.29 is 19.0 Å². The van der Waals surface area contributed by atoms with Gasteiger partial charge >= 0.3 is 0 Å². The minimum atomic E-state index is -0.259. The molecule has 0 aliphatic rings. The number of aromatic nitrogens is 3. The van der Waals surface area contributed by atoms with E-state index < -0.39 is 0 Å². The van der Waals surface area contributed by atoms with Crippen LogP contribution in [0, 0.1) is 0 Å². The van der Waals surface area contributed by atoms with Crippen molar-refractivity contribution in [2.24, 2.45) is 5.10 Å². The Hall–Kier alpha value is -3.53. The van der Waals surface area contributed by atoms with Crippen molar-refractivity contribution in [1.29, 1.82) is 0 Å². The summed E-state index contributed by atoms with van der Waals surface area (Å²) in [6.07, 6.45) is 1.51. The number of thioether (sulfide) groups is 1. The molecule has 10 heteroatoms. The van der Waals surface area contributed by atoms with Crippen molar-refractivity contribution in [2.75, 3.05) is 27.1 Å². The summed E-state index contributed by atoms with van der Waals surface area (Å²) in [7, 11) is 4.77. The van der Waals surface area contributed by atoms with Crippen LogP contribution in [0.1, 0.15) is 12.5 Å². The van der Waals surface area contributed by atoms with Crippen molar-refractivity contribution in [1.82, 2.24) is 20.2 Å². The second kappa shape index (κ2) is 11.2. The number of nitrogens with one attached hydrogen (secondary N) is 1. The van der Waals surface area contributed by atoms with Gasteiger partial charge in [0.25, 0.3) is 5.91 Å². The lowest BCUT2D eigenvalue weighted by Crippen LogP contribution is -2.20. The van der Waals surface area contributed by atoms with Crippen LogP contribution >= 0.6 is 11.8 Å². The number of rotatable bonds is 10. The molecule has 3 rings (SSSR count). The van der Waals surface area contributed by atoms with Gasteiger partial charge in [0.15, 0.2) is 11.0 Å². The molecule has 9 nitrogen and oxygen atoms in total. The fourth-order valence-electron chi connectivity index (χ4n) is 2.91. The predicted molar refractivity (Wildman–Crippen MR) is 124 cm³/mol. The maximum absolute atomic E-state index is 12.3. The van der Waals surface area contributed by atoms with Crippen LogP contribution in [0.3, 0.4) is 0 Å². The van der Waals surface area contributed by atoms with E-state index in [1.807, 2.05) is 35.8 Å². The summed E-state index contributed by atoms with van der Waals surface area (Å²) in [6, 6.07) is 12.9. The van der Waals surface area contributed by atoms with Crippen molar-refractivity contribution in [3.05, 3.63) is 48.0 Å². The van der Waals surface area contributed by atoms with Gasteiger partial charge in [0.05, 0.1) is 33.3 Å². The first-order chi connectivity index (χ1) is 15.6. The first kappa shape index (κ1) is 23.1. The third-order valence-electron chi connectivity index (χ3n) is 4.54. The zero-order valence-corrected chi connectivity index (χ0v) is 19.2. The average molecular weight is 456 g/mol. The van der Waals surface area contributed by atoms with Gasteiger partial charge in [-0.3, -0.25) is 4.79 Å². The highest BCUT2D eigenvalue weighted by molar-refractivity contribution is 7.99. The Morgan fingerprint density at radius 3 is 2.44 bits per heavy atom. The molecule has 0 saturated carbocycles. The van der Waals surface area contributed by atoms with Crippen LogP contribution in [0.5, 0.6) is 17.2 Å². The summed E-state index contributed by atoms with van der Waals surface area (Å²) in [5.41, 5.74) is 4.13. The smallest absolute Gasteiger partial charge is 0.250 e. The van der Waals surface area contributed by atoms with Crippen LogP contribution < -0.4 is 19.6 Å². The number of carbonyl (C=O) groups excluding carboxylic acids is 1.